The zero-order chi connectivity index (χ0) is 21.5. The lowest BCUT2D eigenvalue weighted by molar-refractivity contribution is -0.0503. The first-order valence-corrected chi connectivity index (χ1v) is 10.6. The molecule has 0 saturated heterocycles. The van der Waals surface area contributed by atoms with E-state index in [0.717, 1.165) is 34.5 Å². The summed E-state index contributed by atoms with van der Waals surface area (Å²) >= 11 is 1.59. The zero-order valence-corrected chi connectivity index (χ0v) is 17.6. The summed E-state index contributed by atoms with van der Waals surface area (Å²) in [6.45, 7) is 1.41. The third-order valence-electron chi connectivity index (χ3n) is 4.56. The number of nitrogens with zero attached hydrogens (tertiary/aromatic N) is 3. The molecule has 6 nitrogen and oxygen atoms in total. The topological polar surface area (TPSA) is 74.2 Å². The van der Waals surface area contributed by atoms with E-state index in [1.807, 2.05) is 12.1 Å². The van der Waals surface area contributed by atoms with Gasteiger partial charge in [-0.1, -0.05) is 6.92 Å². The van der Waals surface area contributed by atoms with Crippen LogP contribution < -0.4 is 4.74 Å². The minimum atomic E-state index is -2.88. The Kier molecular flexibility index (Phi) is 7.62. The number of thiazole rings is 1. The molecule has 9 heteroatoms. The van der Waals surface area contributed by atoms with E-state index in [-0.39, 0.29) is 11.7 Å². The highest BCUT2D eigenvalue weighted by Crippen LogP contribution is 2.26. The molecule has 1 atom stereocenters. The van der Waals surface area contributed by atoms with Crippen LogP contribution in [0, 0.1) is 5.92 Å². The van der Waals surface area contributed by atoms with Gasteiger partial charge in [0.05, 0.1) is 39.8 Å². The molecule has 0 saturated carbocycles. The fourth-order valence-electron chi connectivity index (χ4n) is 2.95. The maximum Gasteiger partial charge on any atom is 0.387 e. The number of aromatic nitrogens is 3. The van der Waals surface area contributed by atoms with Crippen LogP contribution in [-0.2, 0) is 17.6 Å². The molecule has 160 valence electrons. The molecule has 0 fully saturated rings. The number of carbonyl (C=O) groups excluding carboxylic acids is 1. The third kappa shape index (κ3) is 6.16. The summed E-state index contributed by atoms with van der Waals surface area (Å²) in [5.41, 5.74) is 1.42. The molecule has 3 aromatic rings. The summed E-state index contributed by atoms with van der Waals surface area (Å²) in [4.78, 5) is 24.7. The van der Waals surface area contributed by atoms with Crippen LogP contribution in [0.25, 0.3) is 10.2 Å². The molecule has 0 N–H and O–H groups in total. The molecule has 0 radical (unpaired) electrons. The van der Waals surface area contributed by atoms with Crippen molar-refractivity contribution in [1.29, 1.82) is 0 Å². The smallest absolute Gasteiger partial charge is 0.387 e. The predicted octanol–water partition coefficient (Wildman–Crippen LogP) is 5.07. The zero-order valence-electron chi connectivity index (χ0n) is 16.8. The van der Waals surface area contributed by atoms with Gasteiger partial charge in [-0.2, -0.15) is 8.78 Å². The molecular formula is C21H23F2N3O3S. The second kappa shape index (κ2) is 10.4. The molecule has 2 heterocycles. The first kappa shape index (κ1) is 22.0. The third-order valence-corrected chi connectivity index (χ3v) is 5.64. The highest BCUT2D eigenvalue weighted by molar-refractivity contribution is 7.18. The number of fused-ring (bicyclic) bond motifs is 1. The number of carbonyl (C=O) groups is 1. The van der Waals surface area contributed by atoms with Gasteiger partial charge < -0.3 is 9.47 Å². The van der Waals surface area contributed by atoms with Gasteiger partial charge in [0.2, 0.25) is 0 Å². The number of alkyl halides is 2. The van der Waals surface area contributed by atoms with Crippen molar-refractivity contribution in [3.63, 3.8) is 0 Å². The Morgan fingerprint density at radius 2 is 1.90 bits per heavy atom. The quantitative estimate of drug-likeness (QED) is 0.414. The van der Waals surface area contributed by atoms with Crippen molar-refractivity contribution in [2.45, 2.75) is 46.1 Å². The van der Waals surface area contributed by atoms with E-state index in [9.17, 15) is 13.6 Å². The number of aryl methyl sites for hydroxylation is 2. The number of hydrogen-bond donors (Lipinski definition) is 0. The van der Waals surface area contributed by atoms with Crippen LogP contribution in [-0.4, -0.2) is 34.1 Å². The number of ether oxygens (including phenoxy) is 2. The predicted molar refractivity (Wildman–Crippen MR) is 110 cm³/mol. The Morgan fingerprint density at radius 3 is 2.60 bits per heavy atom. The maximum absolute atomic E-state index is 12.2. The number of esters is 1. The number of hydrogen-bond acceptors (Lipinski definition) is 7. The van der Waals surface area contributed by atoms with E-state index in [1.165, 1.54) is 12.4 Å². The highest BCUT2D eigenvalue weighted by Gasteiger charge is 2.12. The molecule has 0 aliphatic heterocycles. The largest absolute Gasteiger partial charge is 0.462 e. The van der Waals surface area contributed by atoms with Crippen LogP contribution in [0.4, 0.5) is 8.78 Å². The fraction of sp³-hybridized carbons (Fsp3) is 0.429. The van der Waals surface area contributed by atoms with E-state index < -0.39 is 6.61 Å². The van der Waals surface area contributed by atoms with Gasteiger partial charge in [0, 0.05) is 6.42 Å². The van der Waals surface area contributed by atoms with Crippen molar-refractivity contribution in [2.24, 2.45) is 5.92 Å². The van der Waals surface area contributed by atoms with Crippen LogP contribution in [0.2, 0.25) is 0 Å². The van der Waals surface area contributed by atoms with Gasteiger partial charge in [-0.15, -0.1) is 11.3 Å². The Morgan fingerprint density at radius 1 is 1.17 bits per heavy atom. The van der Waals surface area contributed by atoms with Crippen LogP contribution >= 0.6 is 11.3 Å². The highest BCUT2D eigenvalue weighted by atomic mass is 32.1. The molecule has 0 amide bonds. The van der Waals surface area contributed by atoms with Gasteiger partial charge in [0.25, 0.3) is 0 Å². The Hall–Kier alpha value is -2.68. The summed E-state index contributed by atoms with van der Waals surface area (Å²) in [6.07, 6.45) is 5.88. The fourth-order valence-corrected chi connectivity index (χ4v) is 3.97. The minimum Gasteiger partial charge on any atom is -0.462 e. The number of benzene rings is 1. The first-order chi connectivity index (χ1) is 14.4. The summed E-state index contributed by atoms with van der Waals surface area (Å²) in [5, 5.41) is 1.03. The summed E-state index contributed by atoms with van der Waals surface area (Å²) < 4.78 is 34.6. The number of rotatable bonds is 10. The van der Waals surface area contributed by atoms with Crippen molar-refractivity contribution in [1.82, 2.24) is 15.0 Å². The minimum absolute atomic E-state index is 0.0382. The maximum atomic E-state index is 12.2. The average Bonchev–Trinajstić information content (AvgIpc) is 3.13. The summed E-state index contributed by atoms with van der Waals surface area (Å²) in [5.74, 6) is 0.672. The lowest BCUT2D eigenvalue weighted by Gasteiger charge is -2.09. The molecule has 2 aromatic heterocycles. The van der Waals surface area contributed by atoms with Crippen molar-refractivity contribution in [2.75, 3.05) is 6.61 Å². The van der Waals surface area contributed by atoms with Gasteiger partial charge in [-0.05, 0) is 50.3 Å². The standard InChI is InChI=1S/C21H23F2N3O3S/c1-3-28-20(27)14-6-7-16-17(10-14)30-19(26-16)9-5-13(2)4-8-18-24-11-15(12-25-18)29-21(22)23/h6-7,10-13,21H,3-5,8-9H2,1-2H3. The van der Waals surface area contributed by atoms with Gasteiger partial charge in [-0.25, -0.2) is 19.7 Å². The lowest BCUT2D eigenvalue weighted by atomic mass is 10.00. The molecule has 3 rings (SSSR count). The van der Waals surface area contributed by atoms with Gasteiger partial charge in [-0.3, -0.25) is 0 Å². The van der Waals surface area contributed by atoms with Crippen LogP contribution in [0.3, 0.4) is 0 Å². The van der Waals surface area contributed by atoms with E-state index in [0.29, 0.717) is 30.3 Å². The van der Waals surface area contributed by atoms with Crippen LogP contribution in [0.1, 0.15) is 47.9 Å². The number of halogens is 2. The molecule has 0 spiro atoms. The Labute approximate surface area is 177 Å². The second-order valence-electron chi connectivity index (χ2n) is 6.91. The van der Waals surface area contributed by atoms with E-state index >= 15 is 0 Å². The molecular weight excluding hydrogens is 412 g/mol. The van der Waals surface area contributed by atoms with Gasteiger partial charge in [0.15, 0.2) is 5.75 Å². The van der Waals surface area contributed by atoms with E-state index in [2.05, 4.69) is 26.6 Å². The SMILES string of the molecule is CCOC(=O)c1ccc2nc(CCC(C)CCc3ncc(OC(F)F)cn3)sc2c1. The van der Waals surface area contributed by atoms with E-state index in [4.69, 9.17) is 4.74 Å². The molecule has 1 aromatic carbocycles. The second-order valence-corrected chi connectivity index (χ2v) is 8.02. The van der Waals surface area contributed by atoms with Gasteiger partial charge in [0.1, 0.15) is 5.82 Å². The molecule has 0 aliphatic rings. The molecule has 1 unspecified atom stereocenters. The van der Waals surface area contributed by atoms with Crippen molar-refractivity contribution < 1.29 is 23.0 Å². The summed E-state index contributed by atoms with van der Waals surface area (Å²) in [7, 11) is 0. The van der Waals surface area contributed by atoms with Crippen LogP contribution in [0.5, 0.6) is 5.75 Å². The Balaban J connectivity index is 1.49. The first-order valence-electron chi connectivity index (χ1n) is 9.77. The molecule has 0 bridgehead atoms. The molecule has 30 heavy (non-hydrogen) atoms. The monoisotopic (exact) mass is 435 g/mol. The van der Waals surface area contributed by atoms with E-state index in [1.54, 1.807) is 24.3 Å². The van der Waals surface area contributed by atoms with Crippen LogP contribution in [0.15, 0.2) is 30.6 Å². The Bertz CT molecular complexity index is 979. The normalized spacial score (nSPS) is 12.3. The van der Waals surface area contributed by atoms with Crippen molar-refractivity contribution in [3.05, 3.63) is 47.0 Å². The van der Waals surface area contributed by atoms with Gasteiger partial charge >= 0.3 is 12.6 Å². The van der Waals surface area contributed by atoms with Crippen molar-refractivity contribution >= 4 is 27.5 Å². The lowest BCUT2D eigenvalue weighted by Crippen LogP contribution is -2.05. The molecule has 0 aliphatic carbocycles. The van der Waals surface area contributed by atoms with Crippen molar-refractivity contribution in [3.8, 4) is 5.75 Å². The summed E-state index contributed by atoms with van der Waals surface area (Å²) in [6, 6.07) is 5.42. The average molecular weight is 435 g/mol.